The van der Waals surface area contributed by atoms with Crippen molar-refractivity contribution in [1.82, 2.24) is 0 Å². The highest BCUT2D eigenvalue weighted by atomic mass is 31.1. The van der Waals surface area contributed by atoms with Gasteiger partial charge in [0.05, 0.1) is 0 Å². The summed E-state index contributed by atoms with van der Waals surface area (Å²) in [5.41, 5.74) is 1.82. The van der Waals surface area contributed by atoms with Crippen LogP contribution >= 0.6 is 8.03 Å². The van der Waals surface area contributed by atoms with Crippen molar-refractivity contribution in [3.8, 4) is 0 Å². The van der Waals surface area contributed by atoms with E-state index in [0.717, 1.165) is 11.3 Å². The molecule has 0 aromatic heterocycles. The number of hydrogen-bond donors (Lipinski definition) is 2. The van der Waals surface area contributed by atoms with Crippen LogP contribution in [0.1, 0.15) is 5.56 Å². The molecule has 96 valence electrons. The van der Waals surface area contributed by atoms with Crippen LogP contribution in [0.4, 0.5) is 5.69 Å². The topological polar surface area (TPSA) is 49.3 Å². The van der Waals surface area contributed by atoms with Gasteiger partial charge in [-0.15, -0.1) is 0 Å². The quantitative estimate of drug-likeness (QED) is 0.812. The molecule has 2 aromatic rings. The smallest absolute Gasteiger partial charge is 0.336 e. The minimum atomic E-state index is -2.33. The second kappa shape index (κ2) is 6.83. The van der Waals surface area contributed by atoms with Crippen LogP contribution in [0.3, 0.4) is 0 Å². The highest BCUT2D eigenvalue weighted by molar-refractivity contribution is 7.39. The first-order valence-corrected chi connectivity index (χ1v) is 7.24. The van der Waals surface area contributed by atoms with Gasteiger partial charge in [-0.3, -0.25) is 0 Å². The summed E-state index contributed by atoms with van der Waals surface area (Å²) in [5.74, 6) is -0.599. The van der Waals surface area contributed by atoms with Gasteiger partial charge in [0, 0.05) is 5.69 Å². The third-order valence-electron chi connectivity index (χ3n) is 2.60. The Morgan fingerprint density at radius 3 is 2.16 bits per heavy atom. The van der Waals surface area contributed by atoms with Crippen LogP contribution in [0.5, 0.6) is 0 Å². The normalized spacial score (nSPS) is 13.2. The molecular formula is C15H15NO2P+. The molecule has 0 saturated carbocycles. The van der Waals surface area contributed by atoms with E-state index in [-0.39, 0.29) is 0 Å². The summed E-state index contributed by atoms with van der Waals surface area (Å²) in [7, 11) is -2.33. The molecule has 0 aliphatic carbocycles. The van der Waals surface area contributed by atoms with Crippen LogP contribution in [0.25, 0.3) is 6.08 Å². The van der Waals surface area contributed by atoms with Crippen LogP contribution in [0, 0.1) is 0 Å². The van der Waals surface area contributed by atoms with Crippen molar-refractivity contribution in [1.29, 1.82) is 0 Å². The molecule has 0 radical (unpaired) electrons. The summed E-state index contributed by atoms with van der Waals surface area (Å²) < 4.78 is 11.4. The number of anilines is 1. The standard InChI is InChI=1S/C15H14NO2P/c17-19(18)15(16-14-9-5-2-6-10-14)12-11-13-7-3-1-4-8-13/h1-12,15-16H/p+1/b12-11+. The van der Waals surface area contributed by atoms with Crippen LogP contribution < -0.4 is 5.32 Å². The second-order valence-corrected chi connectivity index (χ2v) is 5.19. The van der Waals surface area contributed by atoms with Gasteiger partial charge in [-0.05, 0) is 28.3 Å². The summed E-state index contributed by atoms with van der Waals surface area (Å²) in [5, 5.41) is 3.03. The fourth-order valence-corrected chi connectivity index (χ4v) is 2.14. The van der Waals surface area contributed by atoms with E-state index in [9.17, 15) is 9.46 Å². The monoisotopic (exact) mass is 272 g/mol. The lowest BCUT2D eigenvalue weighted by molar-refractivity contribution is 0.499. The van der Waals surface area contributed by atoms with Gasteiger partial charge in [0.2, 0.25) is 0 Å². The van der Waals surface area contributed by atoms with Crippen LogP contribution in [0.2, 0.25) is 0 Å². The minimum absolute atomic E-state index is 0.599. The summed E-state index contributed by atoms with van der Waals surface area (Å²) in [6.45, 7) is 0. The molecule has 19 heavy (non-hydrogen) atoms. The molecule has 2 N–H and O–H groups in total. The van der Waals surface area contributed by atoms with Gasteiger partial charge in [0.1, 0.15) is 0 Å². The van der Waals surface area contributed by atoms with Crippen LogP contribution in [-0.4, -0.2) is 10.7 Å². The first-order valence-electron chi connectivity index (χ1n) is 5.96. The Kier molecular flexibility index (Phi) is 4.85. The molecule has 4 heteroatoms. The summed E-state index contributed by atoms with van der Waals surface area (Å²) in [6.07, 6.45) is 3.55. The van der Waals surface area contributed by atoms with Crippen molar-refractivity contribution < 1.29 is 9.46 Å². The zero-order valence-corrected chi connectivity index (χ0v) is 11.2. The number of rotatable bonds is 5. The van der Waals surface area contributed by atoms with Gasteiger partial charge in [-0.2, -0.15) is 4.89 Å². The molecule has 0 heterocycles. The summed E-state index contributed by atoms with van der Waals surface area (Å²) >= 11 is 0. The Morgan fingerprint density at radius 2 is 1.58 bits per heavy atom. The van der Waals surface area contributed by atoms with Crippen molar-refractivity contribution in [3.63, 3.8) is 0 Å². The first kappa shape index (κ1) is 13.5. The van der Waals surface area contributed by atoms with Crippen LogP contribution in [-0.2, 0) is 4.57 Å². The molecule has 2 atom stereocenters. The zero-order valence-electron chi connectivity index (χ0n) is 10.3. The third kappa shape index (κ3) is 4.32. The van der Waals surface area contributed by atoms with Gasteiger partial charge >= 0.3 is 8.03 Å². The third-order valence-corrected chi connectivity index (χ3v) is 3.37. The van der Waals surface area contributed by atoms with E-state index >= 15 is 0 Å². The highest BCUT2D eigenvalue weighted by Crippen LogP contribution is 2.26. The van der Waals surface area contributed by atoms with Gasteiger partial charge in [0.15, 0.2) is 0 Å². The fraction of sp³-hybridized carbons (Fsp3) is 0.0667. The van der Waals surface area contributed by atoms with Crippen LogP contribution in [0.15, 0.2) is 66.7 Å². The van der Waals surface area contributed by atoms with Gasteiger partial charge in [-0.25, -0.2) is 0 Å². The Bertz CT molecular complexity index is 555. The molecule has 0 aliphatic rings. The molecule has 0 saturated heterocycles. The molecule has 0 fully saturated rings. The maximum Gasteiger partial charge on any atom is 0.535 e. The summed E-state index contributed by atoms with van der Waals surface area (Å²) in [4.78, 5) is 9.35. The predicted molar refractivity (Wildman–Crippen MR) is 79.2 cm³/mol. The molecule has 0 bridgehead atoms. The molecule has 2 unspecified atom stereocenters. The molecule has 0 aliphatic heterocycles. The molecular weight excluding hydrogens is 257 g/mol. The largest absolute Gasteiger partial charge is 0.535 e. The molecule has 3 nitrogen and oxygen atoms in total. The second-order valence-electron chi connectivity index (χ2n) is 4.03. The average Bonchev–Trinajstić information content (AvgIpc) is 2.45. The van der Waals surface area contributed by atoms with Crippen molar-refractivity contribution in [3.05, 3.63) is 72.3 Å². The maximum absolute atomic E-state index is 11.4. The first-order chi connectivity index (χ1) is 9.25. The number of benzene rings is 2. The minimum Gasteiger partial charge on any atom is -0.336 e. The Labute approximate surface area is 113 Å². The Morgan fingerprint density at radius 1 is 1.00 bits per heavy atom. The van der Waals surface area contributed by atoms with Crippen molar-refractivity contribution in [2.75, 3.05) is 5.32 Å². The molecule has 0 spiro atoms. The Balaban J connectivity index is 2.09. The fourth-order valence-electron chi connectivity index (χ4n) is 1.65. The van der Waals surface area contributed by atoms with Gasteiger partial charge in [0.25, 0.3) is 5.78 Å². The van der Waals surface area contributed by atoms with E-state index in [1.807, 2.05) is 66.7 Å². The summed E-state index contributed by atoms with van der Waals surface area (Å²) in [6, 6.07) is 19.1. The van der Waals surface area contributed by atoms with E-state index < -0.39 is 13.8 Å². The lowest BCUT2D eigenvalue weighted by Gasteiger charge is -2.05. The van der Waals surface area contributed by atoms with Gasteiger partial charge in [-0.1, -0.05) is 54.6 Å². The SMILES string of the molecule is O=[P+](O)C(/C=C/c1ccccc1)Nc1ccccc1. The van der Waals surface area contributed by atoms with Crippen molar-refractivity contribution in [2.45, 2.75) is 5.78 Å². The lowest BCUT2D eigenvalue weighted by atomic mass is 10.2. The number of nitrogens with one attached hydrogen (secondary N) is 1. The zero-order chi connectivity index (χ0) is 13.5. The van der Waals surface area contributed by atoms with E-state index in [2.05, 4.69) is 5.32 Å². The number of para-hydroxylation sites is 1. The predicted octanol–water partition coefficient (Wildman–Crippen LogP) is 3.87. The van der Waals surface area contributed by atoms with Crippen molar-refractivity contribution >= 4 is 19.8 Å². The molecule has 0 amide bonds. The highest BCUT2D eigenvalue weighted by Gasteiger charge is 2.25. The average molecular weight is 272 g/mol. The van der Waals surface area contributed by atoms with Crippen molar-refractivity contribution in [2.24, 2.45) is 0 Å². The van der Waals surface area contributed by atoms with E-state index in [0.29, 0.717) is 0 Å². The van der Waals surface area contributed by atoms with E-state index in [1.165, 1.54) is 0 Å². The van der Waals surface area contributed by atoms with E-state index in [4.69, 9.17) is 0 Å². The lowest BCUT2D eigenvalue weighted by Crippen LogP contribution is -2.11. The Hall–Kier alpha value is -1.96. The number of hydrogen-bond acceptors (Lipinski definition) is 2. The molecule has 2 rings (SSSR count). The van der Waals surface area contributed by atoms with E-state index in [1.54, 1.807) is 6.08 Å². The molecule has 2 aromatic carbocycles. The van der Waals surface area contributed by atoms with Gasteiger partial charge < -0.3 is 5.32 Å². The maximum atomic E-state index is 11.4.